The van der Waals surface area contributed by atoms with Crippen LogP contribution in [0.4, 0.5) is 5.69 Å². The second kappa shape index (κ2) is 11.4. The molecule has 5 nitrogen and oxygen atoms in total. The van der Waals surface area contributed by atoms with Gasteiger partial charge in [0, 0.05) is 65.7 Å². The number of hydrogen-bond donors (Lipinski definition) is 1. The summed E-state index contributed by atoms with van der Waals surface area (Å²) in [5.74, 6) is -0.164. The van der Waals surface area contributed by atoms with E-state index in [-0.39, 0.29) is 10.8 Å². The number of anilines is 1. The highest BCUT2D eigenvalue weighted by molar-refractivity contribution is 7.99. The van der Waals surface area contributed by atoms with Crippen LogP contribution in [0.5, 0.6) is 0 Å². The zero-order valence-corrected chi connectivity index (χ0v) is 20.0. The fourth-order valence-electron chi connectivity index (χ4n) is 3.64. The van der Waals surface area contributed by atoms with Crippen molar-refractivity contribution in [1.82, 2.24) is 4.90 Å². The smallest absolute Gasteiger partial charge is 0.188 e. The molecule has 170 valence electrons. The molecule has 0 unspecified atom stereocenters. The lowest BCUT2D eigenvalue weighted by Gasteiger charge is -2.24. The summed E-state index contributed by atoms with van der Waals surface area (Å²) in [5, 5.41) is 4.26. The van der Waals surface area contributed by atoms with Gasteiger partial charge < -0.3 is 19.7 Å². The second-order valence-electron chi connectivity index (χ2n) is 7.73. The van der Waals surface area contributed by atoms with Gasteiger partial charge in [0.15, 0.2) is 5.78 Å². The van der Waals surface area contributed by atoms with E-state index < -0.39 is 0 Å². The van der Waals surface area contributed by atoms with Crippen LogP contribution in [0.1, 0.15) is 23.2 Å². The van der Waals surface area contributed by atoms with Crippen LogP contribution < -0.4 is 5.32 Å². The van der Waals surface area contributed by atoms with Gasteiger partial charge in [-0.05, 0) is 43.2 Å². The van der Waals surface area contributed by atoms with Crippen molar-refractivity contribution >= 4 is 46.4 Å². The van der Waals surface area contributed by atoms with Gasteiger partial charge in [-0.15, -0.1) is 0 Å². The largest absolute Gasteiger partial charge is 0.382 e. The van der Waals surface area contributed by atoms with Gasteiger partial charge in [-0.25, -0.2) is 0 Å². The van der Waals surface area contributed by atoms with Crippen molar-refractivity contribution in [2.45, 2.75) is 28.7 Å². The lowest BCUT2D eigenvalue weighted by atomic mass is 10.1. The van der Waals surface area contributed by atoms with E-state index in [9.17, 15) is 4.79 Å². The summed E-state index contributed by atoms with van der Waals surface area (Å²) in [6.07, 6.45) is 5.36. The van der Waals surface area contributed by atoms with Crippen molar-refractivity contribution in [1.29, 1.82) is 0 Å². The number of carbonyl (C=O) groups excluding carboxylic acids is 1. The van der Waals surface area contributed by atoms with Crippen LogP contribution in [-0.2, 0) is 9.47 Å². The highest BCUT2D eigenvalue weighted by atomic mass is 35.5. The molecule has 4 rings (SSSR count). The molecular weight excluding hydrogens is 467 g/mol. The van der Waals surface area contributed by atoms with Crippen LogP contribution in [0.25, 0.3) is 0 Å². The van der Waals surface area contributed by atoms with Crippen LogP contribution in [0.3, 0.4) is 0 Å². The third kappa shape index (κ3) is 6.21. The lowest BCUT2D eigenvalue weighted by molar-refractivity contribution is 0.0591. The van der Waals surface area contributed by atoms with E-state index in [1.165, 1.54) is 11.8 Å². The Morgan fingerprint density at radius 3 is 2.56 bits per heavy atom. The van der Waals surface area contributed by atoms with Gasteiger partial charge in [0.05, 0.1) is 23.3 Å². The molecule has 32 heavy (non-hydrogen) atoms. The average Bonchev–Trinajstić information content (AvgIpc) is 2.82. The van der Waals surface area contributed by atoms with E-state index in [1.807, 2.05) is 18.2 Å². The van der Waals surface area contributed by atoms with Crippen molar-refractivity contribution in [3.63, 3.8) is 0 Å². The Kier molecular flexibility index (Phi) is 8.38. The van der Waals surface area contributed by atoms with Gasteiger partial charge in [-0.3, -0.25) is 4.79 Å². The van der Waals surface area contributed by atoms with Gasteiger partial charge >= 0.3 is 0 Å². The predicted octanol–water partition coefficient (Wildman–Crippen LogP) is 5.76. The number of rotatable bonds is 7. The highest BCUT2D eigenvalue weighted by Gasteiger charge is 2.17. The molecular formula is C24H26Cl2N2O3S. The minimum absolute atomic E-state index is 0.164. The molecule has 2 saturated heterocycles. The van der Waals surface area contributed by atoms with Crippen molar-refractivity contribution in [3.8, 4) is 0 Å². The maximum atomic E-state index is 12.7. The molecule has 0 aromatic heterocycles. The zero-order valence-electron chi connectivity index (χ0n) is 17.7. The van der Waals surface area contributed by atoms with Crippen LogP contribution >= 0.6 is 35.0 Å². The summed E-state index contributed by atoms with van der Waals surface area (Å²) in [5.41, 5.74) is 1.48. The topological polar surface area (TPSA) is 50.8 Å². The number of morpholine rings is 1. The third-order valence-corrected chi connectivity index (χ3v) is 7.49. The Bertz CT molecular complexity index is 974. The van der Waals surface area contributed by atoms with E-state index in [0.717, 1.165) is 54.6 Å². The molecule has 0 spiro atoms. The number of ether oxygens (including phenoxy) is 2. The summed E-state index contributed by atoms with van der Waals surface area (Å²) >= 11 is 14.6. The monoisotopic (exact) mass is 492 g/mol. The van der Waals surface area contributed by atoms with E-state index in [0.29, 0.717) is 29.8 Å². The standard InChI is InChI=1S/C24H26Cl2N2O3S/c25-23-20(21(29)6-9-28-10-14-31-15-11-28)4-5-22(24(23)26)32-19-3-1-2-18(16-19)27-17-7-12-30-13-8-17/h1-6,9,16-17,27H,7-8,10-15H2. The number of carbonyl (C=O) groups is 1. The van der Waals surface area contributed by atoms with E-state index >= 15 is 0 Å². The van der Waals surface area contributed by atoms with Gasteiger partial charge in [-0.2, -0.15) is 0 Å². The zero-order chi connectivity index (χ0) is 22.3. The van der Waals surface area contributed by atoms with E-state index in [2.05, 4.69) is 22.3 Å². The Morgan fingerprint density at radius 1 is 1.03 bits per heavy atom. The number of halogens is 2. The van der Waals surface area contributed by atoms with Gasteiger partial charge in [0.25, 0.3) is 0 Å². The predicted molar refractivity (Wildman–Crippen MR) is 130 cm³/mol. The van der Waals surface area contributed by atoms with E-state index in [4.69, 9.17) is 32.7 Å². The summed E-state index contributed by atoms with van der Waals surface area (Å²) in [6, 6.07) is 12.3. The SMILES string of the molecule is O=C(C=CN1CCOCC1)c1ccc(Sc2cccc(NC3CCOCC3)c2)c(Cl)c1Cl. The molecule has 2 heterocycles. The number of nitrogens with zero attached hydrogens (tertiary/aromatic N) is 1. The van der Waals surface area contributed by atoms with E-state index in [1.54, 1.807) is 18.3 Å². The molecule has 8 heteroatoms. The summed E-state index contributed by atoms with van der Waals surface area (Å²) in [6.45, 7) is 4.48. The fourth-order valence-corrected chi connectivity index (χ4v) is 5.15. The Hall–Kier alpha value is -1.70. The quantitative estimate of drug-likeness (QED) is 0.391. The van der Waals surface area contributed by atoms with Gasteiger partial charge in [0.2, 0.25) is 0 Å². The highest BCUT2D eigenvalue weighted by Crippen LogP contribution is 2.39. The number of nitrogens with one attached hydrogen (secondary N) is 1. The van der Waals surface area contributed by atoms with Crippen LogP contribution in [0.2, 0.25) is 10.0 Å². The lowest BCUT2D eigenvalue weighted by Crippen LogP contribution is -2.32. The van der Waals surface area contributed by atoms with Gasteiger partial charge in [-0.1, -0.05) is 41.0 Å². The van der Waals surface area contributed by atoms with Crippen LogP contribution in [0.15, 0.2) is 58.5 Å². The summed E-state index contributed by atoms with van der Waals surface area (Å²) in [7, 11) is 0. The maximum absolute atomic E-state index is 12.7. The minimum atomic E-state index is -0.164. The van der Waals surface area contributed by atoms with Crippen molar-refractivity contribution in [2.24, 2.45) is 0 Å². The van der Waals surface area contributed by atoms with Gasteiger partial charge in [0.1, 0.15) is 0 Å². The molecule has 2 aliphatic rings. The van der Waals surface area contributed by atoms with Crippen molar-refractivity contribution < 1.29 is 14.3 Å². The molecule has 0 amide bonds. The van der Waals surface area contributed by atoms with Crippen molar-refractivity contribution in [2.75, 3.05) is 44.8 Å². The Balaban J connectivity index is 1.43. The molecule has 0 atom stereocenters. The second-order valence-corrected chi connectivity index (χ2v) is 9.60. The molecule has 2 aliphatic heterocycles. The third-order valence-electron chi connectivity index (χ3n) is 5.45. The fraction of sp³-hybridized carbons (Fsp3) is 0.375. The minimum Gasteiger partial charge on any atom is -0.382 e. The molecule has 0 aliphatic carbocycles. The first-order valence-corrected chi connectivity index (χ1v) is 12.3. The van der Waals surface area contributed by atoms with Crippen LogP contribution in [0, 0.1) is 0 Å². The molecule has 0 bridgehead atoms. The maximum Gasteiger partial charge on any atom is 0.188 e. The molecule has 0 saturated carbocycles. The number of benzene rings is 2. The molecule has 1 N–H and O–H groups in total. The van der Waals surface area contributed by atoms with Crippen LogP contribution in [-0.4, -0.2) is 56.2 Å². The molecule has 2 aromatic rings. The first kappa shape index (κ1) is 23.5. The Morgan fingerprint density at radius 2 is 1.78 bits per heavy atom. The molecule has 2 fully saturated rings. The molecule has 2 aromatic carbocycles. The Labute approximate surface area is 203 Å². The number of hydrogen-bond acceptors (Lipinski definition) is 6. The van der Waals surface area contributed by atoms with Crippen molar-refractivity contribution in [3.05, 3.63) is 64.3 Å². The number of allylic oxidation sites excluding steroid dienone is 1. The first-order chi connectivity index (χ1) is 15.6. The summed E-state index contributed by atoms with van der Waals surface area (Å²) < 4.78 is 10.8. The number of ketones is 1. The summed E-state index contributed by atoms with van der Waals surface area (Å²) in [4.78, 5) is 16.6. The molecule has 0 radical (unpaired) electrons. The normalized spacial score (nSPS) is 17.6. The first-order valence-electron chi connectivity index (χ1n) is 10.7. The average molecular weight is 493 g/mol.